The molecule has 2 N–H and O–H groups in total. The molecule has 0 amide bonds. The lowest BCUT2D eigenvalue weighted by Crippen LogP contribution is -2.14. The summed E-state index contributed by atoms with van der Waals surface area (Å²) in [5.41, 5.74) is 7.96. The van der Waals surface area contributed by atoms with Crippen molar-refractivity contribution in [2.24, 2.45) is 15.9 Å². The molecule has 0 saturated heterocycles. The molecule has 7 heteroatoms. The van der Waals surface area contributed by atoms with Gasteiger partial charge in [-0.15, -0.1) is 5.10 Å². The van der Waals surface area contributed by atoms with Crippen molar-refractivity contribution >= 4 is 28.8 Å². The average molecular weight is 355 g/mol. The van der Waals surface area contributed by atoms with Gasteiger partial charge in [-0.3, -0.25) is 0 Å². The van der Waals surface area contributed by atoms with Crippen LogP contribution in [0, 0.1) is 17.1 Å². The van der Waals surface area contributed by atoms with E-state index >= 15 is 0 Å². The van der Waals surface area contributed by atoms with Gasteiger partial charge in [0.15, 0.2) is 5.17 Å². The van der Waals surface area contributed by atoms with E-state index in [4.69, 9.17) is 5.73 Å². The van der Waals surface area contributed by atoms with Crippen LogP contribution in [-0.2, 0) is 5.75 Å². The first-order valence-corrected chi connectivity index (χ1v) is 8.44. The number of thioether (sulfide) groups is 1. The topological polar surface area (TPSA) is 77.8 Å². The number of amidine groups is 1. The highest BCUT2D eigenvalue weighted by Gasteiger charge is 2.13. The van der Waals surface area contributed by atoms with Crippen LogP contribution in [-0.4, -0.2) is 25.5 Å². The van der Waals surface area contributed by atoms with E-state index in [2.05, 4.69) is 10.2 Å². The minimum atomic E-state index is -0.475. The zero-order valence-electron chi connectivity index (χ0n) is 14.0. The highest BCUT2D eigenvalue weighted by molar-refractivity contribution is 8.13. The van der Waals surface area contributed by atoms with Crippen molar-refractivity contribution in [1.29, 1.82) is 5.26 Å². The molecule has 0 aliphatic rings. The highest BCUT2D eigenvalue weighted by Crippen LogP contribution is 2.24. The molecule has 2 aromatic carbocycles. The normalized spacial score (nSPS) is 11.5. The number of anilines is 1. The number of benzene rings is 2. The summed E-state index contributed by atoms with van der Waals surface area (Å²) in [6, 6.07) is 14.6. The maximum Gasteiger partial charge on any atom is 0.180 e. The molecule has 0 radical (unpaired) electrons. The highest BCUT2D eigenvalue weighted by atomic mass is 32.2. The zero-order valence-corrected chi connectivity index (χ0v) is 14.8. The van der Waals surface area contributed by atoms with Gasteiger partial charge in [-0.1, -0.05) is 42.1 Å². The molecule has 0 heterocycles. The molecule has 0 spiro atoms. The van der Waals surface area contributed by atoms with E-state index in [1.807, 2.05) is 36.4 Å². The fourth-order valence-corrected chi connectivity index (χ4v) is 2.79. The lowest BCUT2D eigenvalue weighted by Gasteiger charge is -2.17. The minimum absolute atomic E-state index is 0.202. The first-order chi connectivity index (χ1) is 12.0. The molecule has 0 fully saturated rings. The second-order valence-electron chi connectivity index (χ2n) is 5.32. The van der Waals surface area contributed by atoms with Crippen molar-refractivity contribution in [2.45, 2.75) is 5.75 Å². The number of hydrogen-bond acceptors (Lipinski definition) is 5. The number of nitriles is 1. The molecule has 128 valence electrons. The average Bonchev–Trinajstić information content (AvgIpc) is 2.61. The van der Waals surface area contributed by atoms with Crippen molar-refractivity contribution in [1.82, 2.24) is 0 Å². The Balaban J connectivity index is 2.14. The molecule has 2 rings (SSSR count). The Bertz CT molecular complexity index is 825. The number of hydrogen-bond donors (Lipinski definition) is 1. The number of rotatable bonds is 5. The van der Waals surface area contributed by atoms with Gasteiger partial charge in [0.25, 0.3) is 0 Å². The molecule has 0 aliphatic heterocycles. The molecule has 25 heavy (non-hydrogen) atoms. The van der Waals surface area contributed by atoms with Crippen LogP contribution >= 0.6 is 11.8 Å². The fraction of sp³-hybridized carbons (Fsp3) is 0.167. The fourth-order valence-electron chi connectivity index (χ4n) is 2.18. The molecule has 0 aromatic heterocycles. The van der Waals surface area contributed by atoms with E-state index in [9.17, 15) is 9.65 Å². The van der Waals surface area contributed by atoms with Crippen LogP contribution in [0.5, 0.6) is 0 Å². The van der Waals surface area contributed by atoms with Gasteiger partial charge in [0.2, 0.25) is 0 Å². The van der Waals surface area contributed by atoms with E-state index in [1.54, 1.807) is 19.0 Å². The standard InChI is InChI=1S/C18H18FN5S/c1-24(2)17-14(10-20)8-9-16(19)15(17)11-22-23-18(21)25-12-13-6-4-3-5-7-13/h3-9,11H,12H2,1-2H3,(H2,21,23). The number of halogens is 1. The summed E-state index contributed by atoms with van der Waals surface area (Å²) in [6.07, 6.45) is 1.28. The summed E-state index contributed by atoms with van der Waals surface area (Å²) >= 11 is 1.34. The number of nitrogens with zero attached hydrogens (tertiary/aromatic N) is 4. The van der Waals surface area contributed by atoms with Crippen LogP contribution in [0.2, 0.25) is 0 Å². The van der Waals surface area contributed by atoms with E-state index in [1.165, 1.54) is 30.1 Å². The van der Waals surface area contributed by atoms with Gasteiger partial charge in [0.1, 0.15) is 11.9 Å². The Morgan fingerprint density at radius 1 is 1.28 bits per heavy atom. The third-order valence-corrected chi connectivity index (χ3v) is 4.16. The predicted octanol–water partition coefficient (Wildman–Crippen LogP) is 3.35. The molecule has 5 nitrogen and oxygen atoms in total. The van der Waals surface area contributed by atoms with Gasteiger partial charge in [0.05, 0.1) is 23.0 Å². The Kier molecular flexibility index (Phi) is 6.54. The largest absolute Gasteiger partial charge is 0.377 e. The van der Waals surface area contributed by atoms with E-state index in [0.717, 1.165) is 5.56 Å². The van der Waals surface area contributed by atoms with Gasteiger partial charge < -0.3 is 10.6 Å². The van der Waals surface area contributed by atoms with E-state index < -0.39 is 5.82 Å². The van der Waals surface area contributed by atoms with Crippen molar-refractivity contribution in [3.05, 3.63) is 65.0 Å². The van der Waals surface area contributed by atoms with Crippen LogP contribution in [0.1, 0.15) is 16.7 Å². The molecule has 0 aliphatic carbocycles. The molecule has 0 saturated carbocycles. The third kappa shape index (κ3) is 5.06. The summed E-state index contributed by atoms with van der Waals surface area (Å²) in [6.45, 7) is 0. The smallest absolute Gasteiger partial charge is 0.180 e. The quantitative estimate of drug-likeness (QED) is 0.507. The monoisotopic (exact) mass is 355 g/mol. The van der Waals surface area contributed by atoms with Crippen molar-refractivity contribution in [2.75, 3.05) is 19.0 Å². The lowest BCUT2D eigenvalue weighted by molar-refractivity contribution is 0.625. The summed E-state index contributed by atoms with van der Waals surface area (Å²) in [5, 5.41) is 17.2. The Morgan fingerprint density at radius 2 is 2.00 bits per heavy atom. The summed E-state index contributed by atoms with van der Waals surface area (Å²) in [5.74, 6) is 0.199. The second-order valence-corrected chi connectivity index (χ2v) is 6.32. The first kappa shape index (κ1) is 18.5. The zero-order chi connectivity index (χ0) is 18.2. The van der Waals surface area contributed by atoms with Crippen molar-refractivity contribution in [3.63, 3.8) is 0 Å². The second kappa shape index (κ2) is 8.85. The SMILES string of the molecule is CN(C)c1c(C#N)ccc(F)c1C=NN=C(N)SCc1ccccc1. The molecule has 0 bridgehead atoms. The van der Waals surface area contributed by atoms with Crippen LogP contribution in [0.15, 0.2) is 52.7 Å². The van der Waals surface area contributed by atoms with E-state index in [0.29, 0.717) is 17.0 Å². The molecule has 0 atom stereocenters. The number of nitrogens with two attached hydrogens (primary N) is 1. The molecule has 0 unspecified atom stereocenters. The summed E-state index contributed by atoms with van der Waals surface area (Å²) < 4.78 is 14.1. The van der Waals surface area contributed by atoms with Gasteiger partial charge in [-0.05, 0) is 17.7 Å². The van der Waals surface area contributed by atoms with E-state index in [-0.39, 0.29) is 10.7 Å². The van der Waals surface area contributed by atoms with Gasteiger partial charge >= 0.3 is 0 Å². The van der Waals surface area contributed by atoms with Crippen molar-refractivity contribution < 1.29 is 4.39 Å². The van der Waals surface area contributed by atoms with Gasteiger partial charge in [0, 0.05) is 19.8 Å². The Morgan fingerprint density at radius 3 is 2.64 bits per heavy atom. The Labute approximate surface area is 150 Å². The van der Waals surface area contributed by atoms with Gasteiger partial charge in [-0.25, -0.2) is 4.39 Å². The predicted molar refractivity (Wildman–Crippen MR) is 102 cm³/mol. The molecular weight excluding hydrogens is 337 g/mol. The minimum Gasteiger partial charge on any atom is -0.377 e. The maximum atomic E-state index is 14.1. The molecule has 2 aromatic rings. The van der Waals surface area contributed by atoms with Crippen LogP contribution < -0.4 is 10.6 Å². The Hall–Kier alpha value is -2.85. The van der Waals surface area contributed by atoms with Crippen LogP contribution in [0.25, 0.3) is 0 Å². The summed E-state index contributed by atoms with van der Waals surface area (Å²) in [7, 11) is 3.47. The first-order valence-electron chi connectivity index (χ1n) is 7.46. The maximum absolute atomic E-state index is 14.1. The van der Waals surface area contributed by atoms with Gasteiger partial charge in [-0.2, -0.15) is 10.4 Å². The van der Waals surface area contributed by atoms with Crippen LogP contribution in [0.3, 0.4) is 0 Å². The van der Waals surface area contributed by atoms with Crippen LogP contribution in [0.4, 0.5) is 10.1 Å². The van der Waals surface area contributed by atoms with Crippen molar-refractivity contribution in [3.8, 4) is 6.07 Å². The third-order valence-electron chi connectivity index (χ3n) is 3.30. The molecular formula is C18H18FN5S. The lowest BCUT2D eigenvalue weighted by atomic mass is 10.1. The summed E-state index contributed by atoms with van der Waals surface area (Å²) in [4.78, 5) is 1.67.